The topological polar surface area (TPSA) is 52.0 Å². The van der Waals surface area contributed by atoms with Crippen molar-refractivity contribution in [2.24, 2.45) is 0 Å². The summed E-state index contributed by atoms with van der Waals surface area (Å²) in [5.74, 6) is 0.730. The molecule has 1 atom stereocenters. The van der Waals surface area contributed by atoms with Crippen LogP contribution in [0.4, 0.5) is 0 Å². The van der Waals surface area contributed by atoms with Crippen LogP contribution in [0.3, 0.4) is 0 Å². The molecule has 4 nitrogen and oxygen atoms in total. The molecule has 100 valence electrons. The van der Waals surface area contributed by atoms with E-state index >= 15 is 0 Å². The Morgan fingerprint density at radius 2 is 2.05 bits per heavy atom. The maximum atomic E-state index is 11.2. The predicted octanol–water partition coefficient (Wildman–Crippen LogP) is 2.52. The Morgan fingerprint density at radius 1 is 1.32 bits per heavy atom. The van der Waals surface area contributed by atoms with Crippen molar-refractivity contribution in [3.05, 3.63) is 40.2 Å². The van der Waals surface area contributed by atoms with E-state index in [1.807, 2.05) is 6.07 Å². The third-order valence-electron chi connectivity index (χ3n) is 3.59. The van der Waals surface area contributed by atoms with Crippen LogP contribution in [0.5, 0.6) is 5.75 Å². The number of ether oxygens (including phenoxy) is 2. The molecule has 0 amide bonds. The molecule has 1 unspecified atom stereocenters. The van der Waals surface area contributed by atoms with Crippen molar-refractivity contribution in [2.75, 3.05) is 7.11 Å². The molecule has 1 saturated heterocycles. The zero-order valence-corrected chi connectivity index (χ0v) is 11.2. The van der Waals surface area contributed by atoms with Crippen LogP contribution in [0.25, 0.3) is 11.0 Å². The van der Waals surface area contributed by atoms with Crippen LogP contribution >= 0.6 is 0 Å². The highest BCUT2D eigenvalue weighted by atomic mass is 16.6. The normalized spacial score (nSPS) is 20.5. The number of fused-ring (bicyclic) bond motifs is 1. The molecular formula is C15H16O4. The second-order valence-electron chi connectivity index (χ2n) is 5.37. The van der Waals surface area contributed by atoms with Crippen molar-refractivity contribution in [2.45, 2.75) is 32.0 Å². The monoisotopic (exact) mass is 260 g/mol. The molecule has 1 aliphatic rings. The average Bonchev–Trinajstić information content (AvgIpc) is 2.96. The van der Waals surface area contributed by atoms with Crippen LogP contribution in [0.1, 0.15) is 19.4 Å². The molecule has 1 aromatic heterocycles. The Morgan fingerprint density at radius 3 is 2.68 bits per heavy atom. The van der Waals surface area contributed by atoms with Gasteiger partial charge in [-0.05, 0) is 31.5 Å². The Bertz CT molecular complexity index is 684. The van der Waals surface area contributed by atoms with Crippen molar-refractivity contribution in [1.82, 2.24) is 0 Å². The summed E-state index contributed by atoms with van der Waals surface area (Å²) in [5.41, 5.74) is 1.21. The fourth-order valence-electron chi connectivity index (χ4n) is 2.31. The van der Waals surface area contributed by atoms with Crippen molar-refractivity contribution >= 4 is 11.0 Å². The van der Waals surface area contributed by atoms with Crippen LogP contribution in [-0.4, -0.2) is 18.8 Å². The van der Waals surface area contributed by atoms with Gasteiger partial charge in [-0.2, -0.15) is 0 Å². The lowest BCUT2D eigenvalue weighted by molar-refractivity contribution is 0.322. The van der Waals surface area contributed by atoms with Gasteiger partial charge >= 0.3 is 5.63 Å². The molecule has 0 aliphatic carbocycles. The quantitative estimate of drug-likeness (QED) is 0.628. The predicted molar refractivity (Wildman–Crippen MR) is 71.7 cm³/mol. The van der Waals surface area contributed by atoms with E-state index in [4.69, 9.17) is 13.9 Å². The van der Waals surface area contributed by atoms with Crippen LogP contribution in [0, 0.1) is 0 Å². The third-order valence-corrected chi connectivity index (χ3v) is 3.59. The summed E-state index contributed by atoms with van der Waals surface area (Å²) in [4.78, 5) is 11.2. The highest BCUT2D eigenvalue weighted by Crippen LogP contribution is 2.39. The van der Waals surface area contributed by atoms with E-state index in [0.717, 1.165) is 23.1 Å². The average molecular weight is 260 g/mol. The fourth-order valence-corrected chi connectivity index (χ4v) is 2.31. The number of methoxy groups -OCH3 is 1. The van der Waals surface area contributed by atoms with E-state index < -0.39 is 0 Å². The van der Waals surface area contributed by atoms with Crippen molar-refractivity contribution < 1.29 is 13.9 Å². The first kappa shape index (κ1) is 12.2. The lowest BCUT2D eigenvalue weighted by Gasteiger charge is -2.09. The molecule has 2 heterocycles. The zero-order valence-electron chi connectivity index (χ0n) is 11.2. The smallest absolute Gasteiger partial charge is 0.336 e. The molecule has 19 heavy (non-hydrogen) atoms. The Hall–Kier alpha value is -1.81. The fraction of sp³-hybridized carbons (Fsp3) is 0.400. The van der Waals surface area contributed by atoms with E-state index in [2.05, 4.69) is 13.8 Å². The first-order chi connectivity index (χ1) is 8.99. The maximum absolute atomic E-state index is 11.2. The van der Waals surface area contributed by atoms with Gasteiger partial charge in [0.15, 0.2) is 0 Å². The maximum Gasteiger partial charge on any atom is 0.336 e. The standard InChI is InChI=1S/C15H16O4/c1-15(2)13(19-15)7-10-6-9-4-5-14(16)18-12(9)8-11(10)17-3/h4-6,8,13H,7H2,1-3H3. The van der Waals surface area contributed by atoms with Crippen LogP contribution in [0.15, 0.2) is 33.5 Å². The number of hydrogen-bond donors (Lipinski definition) is 0. The first-order valence-electron chi connectivity index (χ1n) is 6.28. The molecule has 0 radical (unpaired) electrons. The summed E-state index contributed by atoms with van der Waals surface area (Å²) in [7, 11) is 1.62. The van der Waals surface area contributed by atoms with Gasteiger partial charge in [0.1, 0.15) is 11.3 Å². The molecular weight excluding hydrogens is 244 g/mol. The molecule has 2 aromatic rings. The van der Waals surface area contributed by atoms with Crippen LogP contribution in [0.2, 0.25) is 0 Å². The first-order valence-corrected chi connectivity index (χ1v) is 6.28. The number of rotatable bonds is 3. The minimum Gasteiger partial charge on any atom is -0.496 e. The molecule has 3 rings (SSSR count). The zero-order chi connectivity index (χ0) is 13.6. The summed E-state index contributed by atoms with van der Waals surface area (Å²) in [6, 6.07) is 6.95. The van der Waals surface area contributed by atoms with Gasteiger partial charge in [0.2, 0.25) is 0 Å². The molecule has 4 heteroatoms. The van der Waals surface area contributed by atoms with Gasteiger partial charge in [0.25, 0.3) is 0 Å². The van der Waals surface area contributed by atoms with Crippen molar-refractivity contribution in [3.8, 4) is 5.75 Å². The van der Waals surface area contributed by atoms with Crippen molar-refractivity contribution in [1.29, 1.82) is 0 Å². The van der Waals surface area contributed by atoms with E-state index in [9.17, 15) is 4.79 Å². The second-order valence-corrected chi connectivity index (χ2v) is 5.37. The van der Waals surface area contributed by atoms with Gasteiger partial charge < -0.3 is 13.9 Å². The van der Waals surface area contributed by atoms with Gasteiger partial charge in [-0.15, -0.1) is 0 Å². The molecule has 1 fully saturated rings. The summed E-state index contributed by atoms with van der Waals surface area (Å²) < 4.78 is 16.1. The lowest BCUT2D eigenvalue weighted by Crippen LogP contribution is -2.07. The summed E-state index contributed by atoms with van der Waals surface area (Å²) in [6.07, 6.45) is 1.01. The van der Waals surface area contributed by atoms with Gasteiger partial charge in [-0.25, -0.2) is 4.79 Å². The molecule has 0 saturated carbocycles. The summed E-state index contributed by atoms with van der Waals surface area (Å²) >= 11 is 0. The highest BCUT2D eigenvalue weighted by Gasteiger charge is 2.47. The lowest BCUT2D eigenvalue weighted by atomic mass is 10.0. The van der Waals surface area contributed by atoms with Gasteiger partial charge in [-0.1, -0.05) is 0 Å². The van der Waals surface area contributed by atoms with Gasteiger partial charge in [0, 0.05) is 23.9 Å². The van der Waals surface area contributed by atoms with E-state index in [1.165, 1.54) is 6.07 Å². The summed E-state index contributed by atoms with van der Waals surface area (Å²) in [6.45, 7) is 4.15. The second kappa shape index (κ2) is 4.10. The van der Waals surface area contributed by atoms with E-state index in [0.29, 0.717) is 5.58 Å². The Balaban J connectivity index is 2.03. The largest absolute Gasteiger partial charge is 0.496 e. The third kappa shape index (κ3) is 2.24. The molecule has 0 N–H and O–H groups in total. The highest BCUT2D eigenvalue weighted by molar-refractivity contribution is 5.79. The van der Waals surface area contributed by atoms with Crippen LogP contribution < -0.4 is 10.4 Å². The number of benzene rings is 1. The van der Waals surface area contributed by atoms with Crippen molar-refractivity contribution in [3.63, 3.8) is 0 Å². The number of epoxide rings is 1. The molecule has 0 spiro atoms. The Kier molecular flexibility index (Phi) is 2.64. The minimum absolute atomic E-state index is 0.0524. The molecule has 1 aliphatic heterocycles. The van der Waals surface area contributed by atoms with Crippen LogP contribution in [-0.2, 0) is 11.2 Å². The Labute approximate surface area is 110 Å². The molecule has 0 bridgehead atoms. The minimum atomic E-state index is -0.353. The summed E-state index contributed by atoms with van der Waals surface area (Å²) in [5, 5.41) is 0.897. The van der Waals surface area contributed by atoms with Gasteiger partial charge in [0.05, 0.1) is 18.8 Å². The number of hydrogen-bond acceptors (Lipinski definition) is 4. The van der Waals surface area contributed by atoms with E-state index in [1.54, 1.807) is 19.2 Å². The molecule has 1 aromatic carbocycles. The SMILES string of the molecule is COc1cc2oc(=O)ccc2cc1CC1OC1(C)C. The van der Waals surface area contributed by atoms with E-state index in [-0.39, 0.29) is 17.3 Å². The van der Waals surface area contributed by atoms with Gasteiger partial charge in [-0.3, -0.25) is 0 Å².